The normalized spacial score (nSPS) is 11.3. The van der Waals surface area contributed by atoms with E-state index in [2.05, 4.69) is 127 Å². The van der Waals surface area contributed by atoms with Gasteiger partial charge in [-0.15, -0.1) is 0 Å². The van der Waals surface area contributed by atoms with Gasteiger partial charge in [0.25, 0.3) is 0 Å². The molecule has 7 aromatic rings. The molecule has 1 nitrogen and oxygen atoms in total. The summed E-state index contributed by atoms with van der Waals surface area (Å²) >= 11 is 0. The molecule has 0 N–H and O–H groups in total. The highest BCUT2D eigenvalue weighted by atomic mass is 14.6. The second-order valence-corrected chi connectivity index (χ2v) is 9.17. The molecular weight excluding hydrogens is 434 g/mol. The lowest BCUT2D eigenvalue weighted by Crippen LogP contribution is -1.93. The predicted molar refractivity (Wildman–Crippen MR) is 153 cm³/mol. The highest BCUT2D eigenvalue weighted by Gasteiger charge is 2.19. The minimum Gasteiger partial charge on any atom is -0.256 e. The van der Waals surface area contributed by atoms with Crippen molar-refractivity contribution in [1.82, 2.24) is 4.98 Å². The standard InChI is InChI=1S/C35H23N/c1-4-11-24(12-5-1)28-19-20-29-31(23-28)32(25-13-6-2-7-14-25)30-21-18-27-17-10-22-36-35(27)34(30)33(29)26-15-8-3-9-16-26/h1-23H. The van der Waals surface area contributed by atoms with Crippen LogP contribution in [0.15, 0.2) is 140 Å². The minimum absolute atomic E-state index is 1.04. The maximum Gasteiger partial charge on any atom is 0.0786 e. The highest BCUT2D eigenvalue weighted by molar-refractivity contribution is 6.27. The predicted octanol–water partition coefficient (Wildman–Crippen LogP) is 9.54. The summed E-state index contributed by atoms with van der Waals surface area (Å²) in [5.74, 6) is 0. The molecule has 0 spiro atoms. The van der Waals surface area contributed by atoms with Crippen LogP contribution in [0.2, 0.25) is 0 Å². The molecule has 0 amide bonds. The van der Waals surface area contributed by atoms with Crippen LogP contribution in [0, 0.1) is 0 Å². The molecule has 0 fully saturated rings. The Kier molecular flexibility index (Phi) is 4.85. The van der Waals surface area contributed by atoms with Gasteiger partial charge in [0.2, 0.25) is 0 Å². The first-order valence-corrected chi connectivity index (χ1v) is 12.3. The average Bonchev–Trinajstić information content (AvgIpc) is 2.97. The zero-order chi connectivity index (χ0) is 23.9. The van der Waals surface area contributed by atoms with Crippen molar-refractivity contribution in [3.8, 4) is 33.4 Å². The van der Waals surface area contributed by atoms with Crippen LogP contribution in [-0.4, -0.2) is 4.98 Å². The molecule has 0 aliphatic carbocycles. The number of hydrogen-bond acceptors (Lipinski definition) is 1. The first kappa shape index (κ1) is 20.6. The molecular formula is C35H23N. The Labute approximate surface area is 210 Å². The van der Waals surface area contributed by atoms with E-state index in [-0.39, 0.29) is 0 Å². The lowest BCUT2D eigenvalue weighted by Gasteiger charge is -2.19. The van der Waals surface area contributed by atoms with Crippen molar-refractivity contribution in [2.75, 3.05) is 0 Å². The first-order chi connectivity index (χ1) is 17.9. The van der Waals surface area contributed by atoms with Crippen LogP contribution >= 0.6 is 0 Å². The van der Waals surface area contributed by atoms with Crippen molar-refractivity contribution < 1.29 is 0 Å². The molecule has 6 aromatic carbocycles. The van der Waals surface area contributed by atoms with Gasteiger partial charge >= 0.3 is 0 Å². The van der Waals surface area contributed by atoms with E-state index < -0.39 is 0 Å². The van der Waals surface area contributed by atoms with Crippen molar-refractivity contribution in [3.05, 3.63) is 140 Å². The summed E-state index contributed by atoms with van der Waals surface area (Å²) in [6.45, 7) is 0. The SMILES string of the molecule is c1ccc(-c2ccc3c(-c4ccccc4)c4c(ccc5cccnc54)c(-c4ccccc4)c3c2)cc1. The Balaban J connectivity index is 1.73. The van der Waals surface area contributed by atoms with E-state index >= 15 is 0 Å². The Morgan fingerprint density at radius 3 is 1.69 bits per heavy atom. The van der Waals surface area contributed by atoms with Crippen molar-refractivity contribution in [2.24, 2.45) is 0 Å². The van der Waals surface area contributed by atoms with Gasteiger partial charge in [-0.2, -0.15) is 0 Å². The van der Waals surface area contributed by atoms with Gasteiger partial charge in [0.1, 0.15) is 0 Å². The van der Waals surface area contributed by atoms with Crippen molar-refractivity contribution >= 4 is 32.4 Å². The fraction of sp³-hybridized carbons (Fsp3) is 0. The van der Waals surface area contributed by atoms with Crippen LogP contribution in [0.5, 0.6) is 0 Å². The fourth-order valence-electron chi connectivity index (χ4n) is 5.49. The molecule has 0 bridgehead atoms. The Hall–Kier alpha value is -4.75. The van der Waals surface area contributed by atoms with E-state index in [1.165, 1.54) is 54.9 Å². The third kappa shape index (κ3) is 3.29. The second-order valence-electron chi connectivity index (χ2n) is 9.17. The summed E-state index contributed by atoms with van der Waals surface area (Å²) in [5, 5.41) is 6.08. The van der Waals surface area contributed by atoms with Gasteiger partial charge in [0, 0.05) is 17.0 Å². The average molecular weight is 458 g/mol. The van der Waals surface area contributed by atoms with Gasteiger partial charge in [-0.25, -0.2) is 0 Å². The van der Waals surface area contributed by atoms with E-state index in [9.17, 15) is 0 Å². The summed E-state index contributed by atoms with van der Waals surface area (Å²) in [6.07, 6.45) is 1.90. The van der Waals surface area contributed by atoms with Gasteiger partial charge < -0.3 is 0 Å². The van der Waals surface area contributed by atoms with Crippen molar-refractivity contribution in [2.45, 2.75) is 0 Å². The Morgan fingerprint density at radius 1 is 0.389 bits per heavy atom. The molecule has 1 heterocycles. The maximum absolute atomic E-state index is 4.90. The smallest absolute Gasteiger partial charge is 0.0786 e. The fourth-order valence-corrected chi connectivity index (χ4v) is 5.49. The summed E-state index contributed by atoms with van der Waals surface area (Å²) < 4.78 is 0. The number of hydrogen-bond donors (Lipinski definition) is 0. The number of pyridine rings is 1. The first-order valence-electron chi connectivity index (χ1n) is 12.3. The minimum atomic E-state index is 1.04. The van der Waals surface area contributed by atoms with Gasteiger partial charge in [0.15, 0.2) is 0 Å². The van der Waals surface area contributed by atoms with E-state index in [1.807, 2.05) is 12.3 Å². The van der Waals surface area contributed by atoms with Gasteiger partial charge in [-0.1, -0.05) is 121 Å². The zero-order valence-electron chi connectivity index (χ0n) is 19.7. The topological polar surface area (TPSA) is 12.9 Å². The molecule has 0 aliphatic heterocycles. The number of aromatic nitrogens is 1. The van der Waals surface area contributed by atoms with E-state index in [0.717, 1.165) is 10.9 Å². The van der Waals surface area contributed by atoms with Crippen LogP contribution in [0.4, 0.5) is 0 Å². The molecule has 7 rings (SSSR count). The number of nitrogens with zero attached hydrogens (tertiary/aromatic N) is 1. The third-order valence-corrected chi connectivity index (χ3v) is 7.08. The van der Waals surface area contributed by atoms with E-state index in [0.29, 0.717) is 0 Å². The van der Waals surface area contributed by atoms with E-state index in [1.54, 1.807) is 0 Å². The molecule has 0 saturated carbocycles. The number of benzene rings is 6. The number of rotatable bonds is 3. The third-order valence-electron chi connectivity index (χ3n) is 7.08. The Morgan fingerprint density at radius 2 is 1.00 bits per heavy atom. The zero-order valence-corrected chi connectivity index (χ0v) is 19.7. The van der Waals surface area contributed by atoms with Crippen LogP contribution in [0.25, 0.3) is 65.8 Å². The largest absolute Gasteiger partial charge is 0.256 e. The lowest BCUT2D eigenvalue weighted by atomic mass is 9.84. The summed E-state index contributed by atoms with van der Waals surface area (Å²) in [4.78, 5) is 4.90. The summed E-state index contributed by atoms with van der Waals surface area (Å²) in [6, 6.07) is 47.7. The summed E-state index contributed by atoms with van der Waals surface area (Å²) in [5.41, 5.74) is 8.40. The molecule has 0 atom stereocenters. The molecule has 168 valence electrons. The van der Waals surface area contributed by atoms with Crippen LogP contribution in [0.3, 0.4) is 0 Å². The second kappa shape index (κ2) is 8.48. The lowest BCUT2D eigenvalue weighted by molar-refractivity contribution is 1.43. The van der Waals surface area contributed by atoms with Crippen LogP contribution < -0.4 is 0 Å². The van der Waals surface area contributed by atoms with E-state index in [4.69, 9.17) is 4.98 Å². The molecule has 0 unspecified atom stereocenters. The highest BCUT2D eigenvalue weighted by Crippen LogP contribution is 2.46. The molecule has 0 aliphatic rings. The molecule has 1 aromatic heterocycles. The molecule has 1 heteroatoms. The van der Waals surface area contributed by atoms with Gasteiger partial charge in [0.05, 0.1) is 5.52 Å². The van der Waals surface area contributed by atoms with Crippen LogP contribution in [0.1, 0.15) is 0 Å². The van der Waals surface area contributed by atoms with Crippen molar-refractivity contribution in [3.63, 3.8) is 0 Å². The maximum atomic E-state index is 4.90. The Bertz CT molecular complexity index is 1850. The molecule has 0 radical (unpaired) electrons. The number of fused-ring (bicyclic) bond motifs is 4. The molecule has 0 saturated heterocycles. The molecule has 36 heavy (non-hydrogen) atoms. The van der Waals surface area contributed by atoms with Gasteiger partial charge in [-0.05, 0) is 61.7 Å². The van der Waals surface area contributed by atoms with Crippen LogP contribution in [-0.2, 0) is 0 Å². The monoisotopic (exact) mass is 457 g/mol. The quantitative estimate of drug-likeness (QED) is 0.190. The summed E-state index contributed by atoms with van der Waals surface area (Å²) in [7, 11) is 0. The van der Waals surface area contributed by atoms with Crippen molar-refractivity contribution in [1.29, 1.82) is 0 Å². The van der Waals surface area contributed by atoms with Gasteiger partial charge in [-0.3, -0.25) is 4.98 Å².